The molecule has 7 heteroatoms. The van der Waals surface area contributed by atoms with E-state index in [0.29, 0.717) is 29.9 Å². The first kappa shape index (κ1) is 19.9. The molecule has 0 bridgehead atoms. The van der Waals surface area contributed by atoms with Crippen LogP contribution in [0.1, 0.15) is 55.6 Å². The zero-order chi connectivity index (χ0) is 21.2. The van der Waals surface area contributed by atoms with Crippen molar-refractivity contribution in [1.29, 1.82) is 0 Å². The number of hydrogen-bond donors (Lipinski definition) is 2. The maximum Gasteiger partial charge on any atom is 0.341 e. The molecular weight excluding hydrogens is 375 g/mol. The van der Waals surface area contributed by atoms with Gasteiger partial charge in [0.05, 0.1) is 17.3 Å². The third kappa shape index (κ3) is 3.12. The van der Waals surface area contributed by atoms with E-state index in [1.807, 2.05) is 9.47 Å². The van der Waals surface area contributed by atoms with Gasteiger partial charge in [-0.3, -0.25) is 4.79 Å². The first-order valence-electron chi connectivity index (χ1n) is 10.1. The van der Waals surface area contributed by atoms with Gasteiger partial charge in [0.2, 0.25) is 5.43 Å². The predicted octanol–water partition coefficient (Wildman–Crippen LogP) is 3.33. The molecule has 0 radical (unpaired) electrons. The van der Waals surface area contributed by atoms with Gasteiger partial charge in [0.25, 0.3) is 0 Å². The molecule has 1 aliphatic carbocycles. The van der Waals surface area contributed by atoms with Crippen LogP contribution < -0.4 is 10.3 Å². The van der Waals surface area contributed by atoms with Crippen molar-refractivity contribution in [2.24, 2.45) is 11.3 Å². The van der Waals surface area contributed by atoms with Crippen LogP contribution in [-0.2, 0) is 0 Å². The lowest BCUT2D eigenvalue weighted by atomic mass is 9.79. The second-order valence-electron chi connectivity index (χ2n) is 9.26. The molecule has 2 fully saturated rings. The Morgan fingerprint density at radius 2 is 2.00 bits per heavy atom. The van der Waals surface area contributed by atoms with Crippen LogP contribution in [0.5, 0.6) is 0 Å². The van der Waals surface area contributed by atoms with E-state index in [9.17, 15) is 19.8 Å². The summed E-state index contributed by atoms with van der Waals surface area (Å²) in [6.45, 7) is 8.80. The molecule has 0 spiro atoms. The van der Waals surface area contributed by atoms with Crippen molar-refractivity contribution >= 4 is 22.6 Å². The van der Waals surface area contributed by atoms with Gasteiger partial charge in [-0.15, -0.1) is 0 Å². The van der Waals surface area contributed by atoms with E-state index in [1.54, 1.807) is 13.8 Å². The molecule has 2 unspecified atom stereocenters. The van der Waals surface area contributed by atoms with Gasteiger partial charge in [-0.05, 0) is 43.7 Å². The smallest absolute Gasteiger partial charge is 0.341 e. The molecule has 29 heavy (non-hydrogen) atoms. The number of carbonyl (C=O) groups is 1. The van der Waals surface area contributed by atoms with E-state index in [1.165, 1.54) is 12.3 Å². The number of aryl methyl sites for hydroxylation is 1. The number of fused-ring (bicyclic) bond motifs is 1. The second-order valence-corrected chi connectivity index (χ2v) is 9.26. The number of halogens is 1. The maximum atomic E-state index is 15.3. The minimum atomic E-state index is -1.30. The van der Waals surface area contributed by atoms with Crippen LogP contribution in [0.15, 0.2) is 17.1 Å². The molecule has 0 amide bonds. The third-order valence-corrected chi connectivity index (χ3v) is 6.57. The Kier molecular flexibility index (Phi) is 4.49. The molecule has 6 nitrogen and oxygen atoms in total. The van der Waals surface area contributed by atoms with Crippen molar-refractivity contribution < 1.29 is 19.4 Å². The summed E-state index contributed by atoms with van der Waals surface area (Å²) in [4.78, 5) is 26.2. The summed E-state index contributed by atoms with van der Waals surface area (Å²) in [5.41, 5.74) is 0.519. The van der Waals surface area contributed by atoms with Crippen LogP contribution in [0.4, 0.5) is 10.1 Å². The largest absolute Gasteiger partial charge is 0.477 e. The summed E-state index contributed by atoms with van der Waals surface area (Å²) in [5.74, 6) is -1.83. The van der Waals surface area contributed by atoms with E-state index in [0.717, 1.165) is 12.8 Å². The first-order chi connectivity index (χ1) is 13.5. The fraction of sp³-hybridized carbons (Fsp3) is 0.545. The van der Waals surface area contributed by atoms with Crippen molar-refractivity contribution in [3.05, 3.63) is 39.4 Å². The molecule has 2 aliphatic rings. The van der Waals surface area contributed by atoms with Crippen molar-refractivity contribution in [1.82, 2.24) is 4.57 Å². The highest BCUT2D eigenvalue weighted by Crippen LogP contribution is 2.44. The molecule has 1 aromatic carbocycles. The van der Waals surface area contributed by atoms with Crippen molar-refractivity contribution in [3.63, 3.8) is 0 Å². The van der Waals surface area contributed by atoms with Crippen molar-refractivity contribution in [2.75, 3.05) is 18.0 Å². The second kappa shape index (κ2) is 6.55. The standard InChI is InChI=1S/C22H27FN2O4/c1-11-18-14(20(27)15(21(28)29)8-25(18)13-5-6-13)7-17(23)19(11)24-9-16(12(2)26)22(3,4)10-24/h7-8,12-13,16,26H,5-6,9-10H2,1-4H3,(H,28,29). The van der Waals surface area contributed by atoms with Gasteiger partial charge in [-0.25, -0.2) is 9.18 Å². The van der Waals surface area contributed by atoms with Gasteiger partial charge >= 0.3 is 5.97 Å². The van der Waals surface area contributed by atoms with Crippen LogP contribution in [0.3, 0.4) is 0 Å². The number of carboxylic acids is 1. The molecular formula is C22H27FN2O4. The molecule has 2 N–H and O–H groups in total. The van der Waals surface area contributed by atoms with Crippen LogP contribution >= 0.6 is 0 Å². The topological polar surface area (TPSA) is 82.8 Å². The van der Waals surface area contributed by atoms with Crippen LogP contribution in [0.2, 0.25) is 0 Å². The zero-order valence-electron chi connectivity index (χ0n) is 17.2. The third-order valence-electron chi connectivity index (χ3n) is 6.57. The summed E-state index contributed by atoms with van der Waals surface area (Å²) in [7, 11) is 0. The number of aromatic nitrogens is 1. The summed E-state index contributed by atoms with van der Waals surface area (Å²) in [6, 6.07) is 1.32. The lowest BCUT2D eigenvalue weighted by Gasteiger charge is -2.27. The Morgan fingerprint density at radius 1 is 1.34 bits per heavy atom. The summed E-state index contributed by atoms with van der Waals surface area (Å²) < 4.78 is 17.1. The zero-order valence-corrected chi connectivity index (χ0v) is 17.2. The average Bonchev–Trinajstić information content (AvgIpc) is 3.39. The quantitative estimate of drug-likeness (QED) is 0.820. The molecule has 156 valence electrons. The Bertz CT molecular complexity index is 1070. The van der Waals surface area contributed by atoms with Gasteiger partial charge in [0.15, 0.2) is 0 Å². The summed E-state index contributed by atoms with van der Waals surface area (Å²) in [5, 5.41) is 19.7. The Balaban J connectivity index is 1.94. The minimum Gasteiger partial charge on any atom is -0.477 e. The monoisotopic (exact) mass is 402 g/mol. The van der Waals surface area contributed by atoms with Crippen LogP contribution in [-0.4, -0.2) is 39.9 Å². The average molecular weight is 402 g/mol. The summed E-state index contributed by atoms with van der Waals surface area (Å²) in [6.07, 6.45) is 2.71. The number of anilines is 1. The Hall–Kier alpha value is -2.41. The molecule has 1 saturated carbocycles. The number of aromatic carboxylic acids is 1. The van der Waals surface area contributed by atoms with Crippen molar-refractivity contribution in [2.45, 2.75) is 52.7 Å². The number of carboxylic acid groups (broad SMARTS) is 1. The van der Waals surface area contributed by atoms with Gasteiger partial charge in [-0.2, -0.15) is 0 Å². The van der Waals surface area contributed by atoms with Gasteiger partial charge in [0, 0.05) is 36.6 Å². The van der Waals surface area contributed by atoms with E-state index in [-0.39, 0.29) is 28.3 Å². The number of rotatable bonds is 4. The lowest BCUT2D eigenvalue weighted by Crippen LogP contribution is -2.30. The fourth-order valence-electron chi connectivity index (χ4n) is 4.99. The number of aliphatic hydroxyl groups excluding tert-OH is 1. The van der Waals surface area contributed by atoms with Crippen LogP contribution in [0, 0.1) is 24.1 Å². The summed E-state index contributed by atoms with van der Waals surface area (Å²) >= 11 is 0. The molecule has 1 aliphatic heterocycles. The van der Waals surface area contributed by atoms with Gasteiger partial charge in [-0.1, -0.05) is 13.8 Å². The number of hydrogen-bond acceptors (Lipinski definition) is 4. The van der Waals surface area contributed by atoms with E-state index < -0.39 is 23.3 Å². The highest BCUT2D eigenvalue weighted by Gasteiger charge is 2.43. The minimum absolute atomic E-state index is 0.00277. The first-order valence-corrected chi connectivity index (χ1v) is 10.1. The van der Waals surface area contributed by atoms with E-state index in [4.69, 9.17) is 0 Å². The molecule has 4 rings (SSSR count). The highest BCUT2D eigenvalue weighted by atomic mass is 19.1. The maximum absolute atomic E-state index is 15.3. The Morgan fingerprint density at radius 3 is 2.52 bits per heavy atom. The van der Waals surface area contributed by atoms with Gasteiger partial charge < -0.3 is 19.7 Å². The Labute approximate surface area is 168 Å². The number of aliphatic hydroxyl groups is 1. The predicted molar refractivity (Wildman–Crippen MR) is 109 cm³/mol. The highest BCUT2D eigenvalue weighted by molar-refractivity contribution is 5.95. The molecule has 2 atom stereocenters. The molecule has 2 heterocycles. The SMILES string of the molecule is Cc1c(N2CC(C(C)O)C(C)(C)C2)c(F)cc2c(=O)c(C(=O)O)cn(C3CC3)c12. The number of benzene rings is 1. The van der Waals surface area contributed by atoms with E-state index >= 15 is 4.39 Å². The van der Waals surface area contributed by atoms with Crippen molar-refractivity contribution in [3.8, 4) is 0 Å². The molecule has 1 saturated heterocycles. The molecule has 2 aromatic rings. The van der Waals surface area contributed by atoms with E-state index in [2.05, 4.69) is 13.8 Å². The van der Waals surface area contributed by atoms with Crippen LogP contribution in [0.25, 0.3) is 10.9 Å². The normalized spacial score (nSPS) is 22.3. The molecule has 1 aromatic heterocycles. The number of pyridine rings is 1. The number of nitrogens with zero attached hydrogens (tertiary/aromatic N) is 2. The van der Waals surface area contributed by atoms with Gasteiger partial charge in [0.1, 0.15) is 11.4 Å². The fourth-order valence-corrected chi connectivity index (χ4v) is 4.99. The lowest BCUT2D eigenvalue weighted by molar-refractivity contribution is 0.0694.